The lowest BCUT2D eigenvalue weighted by Crippen LogP contribution is -2.09. The summed E-state index contributed by atoms with van der Waals surface area (Å²) in [5.41, 5.74) is 5.13. The van der Waals surface area contributed by atoms with E-state index in [-0.39, 0.29) is 0 Å². The standard InChI is InChI=1S/C25H20N2O3/c1-29-24-15-18(17-26-27-22-9-3-2-4-10-22)11-14-23(24)30-25(28)21-13-12-19-7-5-6-8-20(19)16-21/h2-17,27H,1H3. The first-order valence-corrected chi connectivity index (χ1v) is 9.46. The molecule has 30 heavy (non-hydrogen) atoms. The number of ether oxygens (including phenoxy) is 2. The van der Waals surface area contributed by atoms with Gasteiger partial charge in [-0.25, -0.2) is 4.79 Å². The molecule has 0 atom stereocenters. The van der Waals surface area contributed by atoms with Crippen LogP contribution in [-0.2, 0) is 0 Å². The van der Waals surface area contributed by atoms with Crippen LogP contribution in [0.25, 0.3) is 10.8 Å². The number of fused-ring (bicyclic) bond motifs is 1. The number of benzene rings is 4. The monoisotopic (exact) mass is 396 g/mol. The van der Waals surface area contributed by atoms with Gasteiger partial charge in [-0.1, -0.05) is 48.5 Å². The second-order valence-electron chi connectivity index (χ2n) is 6.60. The van der Waals surface area contributed by atoms with Crippen LogP contribution in [0.1, 0.15) is 15.9 Å². The van der Waals surface area contributed by atoms with Crippen molar-refractivity contribution >= 4 is 28.6 Å². The molecule has 0 fully saturated rings. The minimum atomic E-state index is -0.439. The van der Waals surface area contributed by atoms with Crippen LogP contribution >= 0.6 is 0 Å². The van der Waals surface area contributed by atoms with Gasteiger partial charge in [0.1, 0.15) is 0 Å². The van der Waals surface area contributed by atoms with Gasteiger partial charge in [-0.2, -0.15) is 5.10 Å². The van der Waals surface area contributed by atoms with Gasteiger partial charge in [0.2, 0.25) is 0 Å². The van der Waals surface area contributed by atoms with Crippen LogP contribution in [0.3, 0.4) is 0 Å². The van der Waals surface area contributed by atoms with E-state index in [0.29, 0.717) is 17.1 Å². The molecule has 0 radical (unpaired) electrons. The quantitative estimate of drug-likeness (QED) is 0.202. The van der Waals surface area contributed by atoms with Crippen molar-refractivity contribution in [1.82, 2.24) is 0 Å². The fraction of sp³-hybridized carbons (Fsp3) is 0.0400. The Morgan fingerprint density at radius 3 is 2.40 bits per heavy atom. The molecule has 0 amide bonds. The number of methoxy groups -OCH3 is 1. The predicted octanol–water partition coefficient (Wildman–Crippen LogP) is 5.51. The molecule has 0 aliphatic rings. The number of anilines is 1. The maximum absolute atomic E-state index is 12.6. The van der Waals surface area contributed by atoms with Crippen LogP contribution < -0.4 is 14.9 Å². The topological polar surface area (TPSA) is 59.9 Å². The third kappa shape index (κ3) is 4.47. The summed E-state index contributed by atoms with van der Waals surface area (Å²) in [4.78, 5) is 12.6. The van der Waals surface area contributed by atoms with Gasteiger partial charge in [0, 0.05) is 0 Å². The van der Waals surface area contributed by atoms with E-state index < -0.39 is 5.97 Å². The molecular formula is C25H20N2O3. The number of hydrogen-bond acceptors (Lipinski definition) is 5. The fourth-order valence-electron chi connectivity index (χ4n) is 3.02. The van der Waals surface area contributed by atoms with Crippen LogP contribution in [0.4, 0.5) is 5.69 Å². The number of carbonyl (C=O) groups is 1. The lowest BCUT2D eigenvalue weighted by atomic mass is 10.1. The summed E-state index contributed by atoms with van der Waals surface area (Å²) in [6, 6.07) is 28.3. The molecule has 5 heteroatoms. The number of rotatable bonds is 6. The number of carbonyl (C=O) groups excluding carboxylic acids is 1. The van der Waals surface area contributed by atoms with E-state index in [9.17, 15) is 4.79 Å². The second-order valence-corrected chi connectivity index (χ2v) is 6.60. The summed E-state index contributed by atoms with van der Waals surface area (Å²) in [5, 5.41) is 6.27. The van der Waals surface area contributed by atoms with Crippen LogP contribution in [0.5, 0.6) is 11.5 Å². The molecule has 0 unspecified atom stereocenters. The fourth-order valence-corrected chi connectivity index (χ4v) is 3.02. The number of nitrogens with zero attached hydrogens (tertiary/aromatic N) is 1. The summed E-state index contributed by atoms with van der Waals surface area (Å²) in [6.07, 6.45) is 1.67. The molecule has 148 valence electrons. The van der Waals surface area contributed by atoms with E-state index in [1.54, 1.807) is 24.4 Å². The molecule has 0 heterocycles. The minimum Gasteiger partial charge on any atom is -0.493 e. The van der Waals surface area contributed by atoms with E-state index in [0.717, 1.165) is 22.0 Å². The largest absolute Gasteiger partial charge is 0.493 e. The summed E-state index contributed by atoms with van der Waals surface area (Å²) < 4.78 is 11.0. The first-order chi connectivity index (χ1) is 14.7. The number of hydrogen-bond donors (Lipinski definition) is 1. The molecular weight excluding hydrogens is 376 g/mol. The molecule has 1 N–H and O–H groups in total. The van der Waals surface area contributed by atoms with Crippen molar-refractivity contribution in [2.75, 3.05) is 12.5 Å². The lowest BCUT2D eigenvalue weighted by Gasteiger charge is -2.10. The molecule has 0 saturated heterocycles. The molecule has 0 saturated carbocycles. The normalized spacial score (nSPS) is 10.8. The second kappa shape index (κ2) is 8.92. The number of para-hydroxylation sites is 1. The van der Waals surface area contributed by atoms with Gasteiger partial charge in [-0.05, 0) is 58.8 Å². The molecule has 5 nitrogen and oxygen atoms in total. The Labute approximate surface area is 174 Å². The Morgan fingerprint density at radius 2 is 1.60 bits per heavy atom. The molecule has 0 aliphatic carbocycles. The summed E-state index contributed by atoms with van der Waals surface area (Å²) in [7, 11) is 1.53. The first-order valence-electron chi connectivity index (χ1n) is 9.46. The van der Waals surface area contributed by atoms with Gasteiger partial charge in [-0.15, -0.1) is 0 Å². The highest BCUT2D eigenvalue weighted by Gasteiger charge is 2.13. The zero-order valence-electron chi connectivity index (χ0n) is 16.4. The third-order valence-corrected chi connectivity index (χ3v) is 4.56. The molecule has 0 aromatic heterocycles. The smallest absolute Gasteiger partial charge is 0.343 e. The average Bonchev–Trinajstić information content (AvgIpc) is 2.80. The van der Waals surface area contributed by atoms with E-state index in [1.807, 2.05) is 72.8 Å². The summed E-state index contributed by atoms with van der Waals surface area (Å²) >= 11 is 0. The highest BCUT2D eigenvalue weighted by Crippen LogP contribution is 2.29. The van der Waals surface area contributed by atoms with Gasteiger partial charge < -0.3 is 9.47 Å². The first kappa shape index (κ1) is 19.2. The van der Waals surface area contributed by atoms with Crippen molar-refractivity contribution in [2.24, 2.45) is 5.10 Å². The molecule has 4 rings (SSSR count). The lowest BCUT2D eigenvalue weighted by molar-refractivity contribution is 0.0730. The molecule has 0 aliphatic heterocycles. The maximum atomic E-state index is 12.6. The zero-order valence-corrected chi connectivity index (χ0v) is 16.4. The maximum Gasteiger partial charge on any atom is 0.343 e. The van der Waals surface area contributed by atoms with Crippen molar-refractivity contribution < 1.29 is 14.3 Å². The predicted molar refractivity (Wildman–Crippen MR) is 120 cm³/mol. The Hall–Kier alpha value is -4.12. The van der Waals surface area contributed by atoms with Crippen molar-refractivity contribution in [3.05, 3.63) is 102 Å². The zero-order chi connectivity index (χ0) is 20.8. The molecule has 0 bridgehead atoms. The number of hydrazone groups is 1. The Bertz CT molecular complexity index is 1200. The van der Waals surface area contributed by atoms with Crippen molar-refractivity contribution in [3.63, 3.8) is 0 Å². The summed E-state index contributed by atoms with van der Waals surface area (Å²) in [5.74, 6) is 0.364. The third-order valence-electron chi connectivity index (χ3n) is 4.56. The van der Waals surface area contributed by atoms with E-state index in [1.165, 1.54) is 7.11 Å². The van der Waals surface area contributed by atoms with Gasteiger partial charge in [-0.3, -0.25) is 5.43 Å². The number of nitrogens with one attached hydrogen (secondary N) is 1. The van der Waals surface area contributed by atoms with Crippen LogP contribution in [0, 0.1) is 0 Å². The Balaban J connectivity index is 1.48. The van der Waals surface area contributed by atoms with Crippen LogP contribution in [0.2, 0.25) is 0 Å². The molecule has 4 aromatic rings. The SMILES string of the molecule is COc1cc(C=NNc2ccccc2)ccc1OC(=O)c1ccc2ccccc2c1. The van der Waals surface area contributed by atoms with E-state index >= 15 is 0 Å². The van der Waals surface area contributed by atoms with Gasteiger partial charge >= 0.3 is 5.97 Å². The van der Waals surface area contributed by atoms with Crippen molar-refractivity contribution in [1.29, 1.82) is 0 Å². The van der Waals surface area contributed by atoms with Crippen molar-refractivity contribution in [2.45, 2.75) is 0 Å². The Morgan fingerprint density at radius 1 is 0.833 bits per heavy atom. The van der Waals surface area contributed by atoms with Gasteiger partial charge in [0.05, 0.1) is 24.6 Å². The van der Waals surface area contributed by atoms with E-state index in [4.69, 9.17) is 9.47 Å². The Kier molecular flexibility index (Phi) is 5.71. The van der Waals surface area contributed by atoms with E-state index in [2.05, 4.69) is 10.5 Å². The van der Waals surface area contributed by atoms with Crippen LogP contribution in [0.15, 0.2) is 96.1 Å². The highest BCUT2D eigenvalue weighted by atomic mass is 16.6. The van der Waals surface area contributed by atoms with Crippen molar-refractivity contribution in [3.8, 4) is 11.5 Å². The van der Waals surface area contributed by atoms with Gasteiger partial charge in [0.25, 0.3) is 0 Å². The van der Waals surface area contributed by atoms with Crippen LogP contribution in [-0.4, -0.2) is 19.3 Å². The molecule has 4 aromatic carbocycles. The highest BCUT2D eigenvalue weighted by molar-refractivity contribution is 5.96. The molecule has 0 spiro atoms. The minimum absolute atomic E-state index is 0.351. The number of esters is 1. The van der Waals surface area contributed by atoms with Gasteiger partial charge in [0.15, 0.2) is 11.5 Å². The summed E-state index contributed by atoms with van der Waals surface area (Å²) in [6.45, 7) is 0. The average molecular weight is 396 g/mol.